The average molecular weight is 449 g/mol. The molecule has 0 saturated heterocycles. The van der Waals surface area contributed by atoms with Crippen LogP contribution < -0.4 is 5.19 Å². The van der Waals surface area contributed by atoms with Gasteiger partial charge in [0.2, 0.25) is 8.32 Å². The number of allylic oxidation sites excluding steroid dienone is 1. The van der Waals surface area contributed by atoms with Crippen molar-refractivity contribution in [3.8, 4) is 0 Å². The summed E-state index contributed by atoms with van der Waals surface area (Å²) < 4.78 is 45.8. The molecule has 0 unspecified atom stereocenters. The highest BCUT2D eigenvalue weighted by atomic mass is 28.4. The predicted octanol–water partition coefficient (Wildman–Crippen LogP) is 6.77. The van der Waals surface area contributed by atoms with Gasteiger partial charge >= 0.3 is 6.18 Å². The summed E-state index contributed by atoms with van der Waals surface area (Å²) in [7, 11) is -2.54. The molecule has 0 radical (unpaired) electrons. The molecule has 0 aliphatic carbocycles. The monoisotopic (exact) mass is 448 g/mol. The van der Waals surface area contributed by atoms with Crippen LogP contribution in [-0.2, 0) is 10.6 Å². The molecule has 0 fully saturated rings. The quantitative estimate of drug-likeness (QED) is 0.253. The normalized spacial score (nSPS) is 15.1. The number of hydrogen-bond donors (Lipinski definition) is 0. The van der Waals surface area contributed by atoms with Crippen molar-refractivity contribution in [2.24, 2.45) is 5.92 Å². The highest BCUT2D eigenvalue weighted by Crippen LogP contribution is 2.37. The maximum absolute atomic E-state index is 13.8. The van der Waals surface area contributed by atoms with Crippen LogP contribution in [0.4, 0.5) is 13.2 Å². The molecule has 0 heterocycles. The Morgan fingerprint density at radius 3 is 2.03 bits per heavy atom. The van der Waals surface area contributed by atoms with Gasteiger partial charge in [-0.15, -0.1) is 0 Å². The molecule has 168 valence electrons. The average Bonchev–Trinajstić information content (AvgIpc) is 2.71. The number of carbonyl (C=O) groups excluding carboxylic acids is 1. The molecule has 2 nitrogen and oxygen atoms in total. The number of benzene rings is 2. The molecule has 0 aliphatic rings. The fraction of sp³-hybridized carbons (Fsp3) is 0.400. The number of ketones is 1. The van der Waals surface area contributed by atoms with E-state index in [4.69, 9.17) is 4.43 Å². The van der Waals surface area contributed by atoms with Gasteiger partial charge in [0.05, 0.1) is 5.56 Å². The van der Waals surface area contributed by atoms with E-state index >= 15 is 0 Å². The first-order valence-corrected chi connectivity index (χ1v) is 13.4. The van der Waals surface area contributed by atoms with Gasteiger partial charge in [0.15, 0.2) is 5.78 Å². The Hall–Kier alpha value is -2.18. The number of Topliss-reactive ketones (excluding diaryl/α,β-unsaturated/α-hetero) is 1. The minimum absolute atomic E-state index is 0.133. The van der Waals surface area contributed by atoms with Gasteiger partial charge in [-0.05, 0) is 62.2 Å². The zero-order valence-corrected chi connectivity index (χ0v) is 20.0. The molecule has 0 saturated carbocycles. The van der Waals surface area contributed by atoms with Gasteiger partial charge in [-0.3, -0.25) is 4.79 Å². The van der Waals surface area contributed by atoms with Gasteiger partial charge in [-0.2, -0.15) is 13.2 Å². The summed E-state index contributed by atoms with van der Waals surface area (Å²) in [5.41, 5.74) is -1.04. The van der Waals surface area contributed by atoms with E-state index in [1.807, 2.05) is 77.2 Å². The van der Waals surface area contributed by atoms with Crippen molar-refractivity contribution < 1.29 is 22.4 Å². The van der Waals surface area contributed by atoms with Gasteiger partial charge < -0.3 is 4.43 Å². The van der Waals surface area contributed by atoms with Crippen molar-refractivity contribution in [3.05, 3.63) is 77.4 Å². The van der Waals surface area contributed by atoms with Crippen LogP contribution in [0, 0.1) is 5.92 Å². The summed E-state index contributed by atoms with van der Waals surface area (Å²) in [5.74, 6) is -0.170. The maximum atomic E-state index is 13.8. The van der Waals surface area contributed by atoms with Crippen LogP contribution in [0.2, 0.25) is 13.1 Å². The molecule has 2 aromatic rings. The molecular formula is C25H31F3O2Si. The Balaban J connectivity index is 2.59. The Morgan fingerprint density at radius 1 is 1.03 bits per heavy atom. The van der Waals surface area contributed by atoms with Gasteiger partial charge in [-0.1, -0.05) is 62.4 Å². The Kier molecular flexibility index (Phi) is 7.71. The fourth-order valence-electron chi connectivity index (χ4n) is 3.79. The highest BCUT2D eigenvalue weighted by molar-refractivity contribution is 6.84. The molecule has 2 aromatic carbocycles. The minimum Gasteiger partial charge on any atom is -0.397 e. The van der Waals surface area contributed by atoms with E-state index in [0.29, 0.717) is 6.42 Å². The van der Waals surface area contributed by atoms with E-state index in [-0.39, 0.29) is 17.3 Å². The third-order valence-electron chi connectivity index (χ3n) is 5.51. The molecular weight excluding hydrogens is 417 g/mol. The van der Waals surface area contributed by atoms with Crippen LogP contribution in [0.25, 0.3) is 0 Å². The summed E-state index contributed by atoms with van der Waals surface area (Å²) in [4.78, 5) is 13.8. The first-order chi connectivity index (χ1) is 14.3. The molecule has 6 heteroatoms. The summed E-state index contributed by atoms with van der Waals surface area (Å²) >= 11 is 0. The van der Waals surface area contributed by atoms with Crippen molar-refractivity contribution >= 4 is 19.3 Å². The van der Waals surface area contributed by atoms with Crippen LogP contribution in [0.15, 0.2) is 66.2 Å². The van der Waals surface area contributed by atoms with E-state index in [1.54, 1.807) is 0 Å². The smallest absolute Gasteiger partial charge is 0.397 e. The number of carbonyl (C=O) groups is 1. The molecule has 1 atom stereocenters. The second-order valence-corrected chi connectivity index (χ2v) is 12.6. The number of rotatable bonds is 8. The number of alkyl halides is 3. The second-order valence-electron chi connectivity index (χ2n) is 8.78. The zero-order chi connectivity index (χ0) is 23.4. The second kappa shape index (κ2) is 9.53. The molecule has 0 bridgehead atoms. The third kappa shape index (κ3) is 5.74. The minimum atomic E-state index is -4.45. The Labute approximate surface area is 184 Å². The van der Waals surface area contributed by atoms with E-state index in [1.165, 1.54) is 12.1 Å². The predicted molar refractivity (Wildman–Crippen MR) is 122 cm³/mol. The molecule has 0 spiro atoms. The van der Waals surface area contributed by atoms with E-state index in [2.05, 4.69) is 0 Å². The first-order valence-electron chi connectivity index (χ1n) is 10.4. The van der Waals surface area contributed by atoms with Gasteiger partial charge in [-0.25, -0.2) is 0 Å². The number of halogens is 3. The van der Waals surface area contributed by atoms with Crippen LogP contribution in [0.1, 0.15) is 50.0 Å². The molecule has 0 aromatic heterocycles. The fourth-order valence-corrected chi connectivity index (χ4v) is 6.11. The summed E-state index contributed by atoms with van der Waals surface area (Å²) in [6, 6.07) is 14.2. The summed E-state index contributed by atoms with van der Waals surface area (Å²) in [5, 5.41) is 1.05. The maximum Gasteiger partial charge on any atom is 0.416 e. The number of hydrogen-bond acceptors (Lipinski definition) is 2. The third-order valence-corrected chi connectivity index (χ3v) is 8.09. The lowest BCUT2D eigenvalue weighted by atomic mass is 9.80. The molecule has 0 aliphatic heterocycles. The molecule has 31 heavy (non-hydrogen) atoms. The standard InChI is InChI=1S/C25H31F3O2Si/c1-7-19(4)24(17-18(2)3,30-31(5,6)22-11-9-8-10-12-22)23(29)20-13-15-21(16-14-20)25(26,27)28/h7-16,18H,17H2,1-6H3/b19-7+/t24-/m0/s1. The van der Waals surface area contributed by atoms with Gasteiger partial charge in [0, 0.05) is 5.56 Å². The SMILES string of the molecule is C/C=C(\C)[C@](CC(C)C)(O[Si](C)(C)c1ccccc1)C(=O)c1ccc(C(F)(F)F)cc1. The van der Waals surface area contributed by atoms with Crippen molar-refractivity contribution in [2.45, 2.75) is 59.0 Å². The topological polar surface area (TPSA) is 26.3 Å². The highest BCUT2D eigenvalue weighted by Gasteiger charge is 2.47. The summed E-state index contributed by atoms with van der Waals surface area (Å²) in [6.07, 6.45) is -2.15. The van der Waals surface area contributed by atoms with Crippen LogP contribution >= 0.6 is 0 Å². The van der Waals surface area contributed by atoms with E-state index in [9.17, 15) is 18.0 Å². The first kappa shape index (κ1) is 25.1. The largest absolute Gasteiger partial charge is 0.416 e. The van der Waals surface area contributed by atoms with Gasteiger partial charge in [0.25, 0.3) is 0 Å². The molecule has 0 amide bonds. The van der Waals surface area contributed by atoms with Crippen molar-refractivity contribution in [3.63, 3.8) is 0 Å². The van der Waals surface area contributed by atoms with Crippen molar-refractivity contribution in [1.82, 2.24) is 0 Å². The molecule has 2 rings (SSSR count). The van der Waals surface area contributed by atoms with Gasteiger partial charge in [0.1, 0.15) is 5.60 Å². The Bertz CT molecular complexity index is 916. The van der Waals surface area contributed by atoms with Crippen LogP contribution in [-0.4, -0.2) is 19.7 Å². The van der Waals surface area contributed by atoms with E-state index in [0.717, 1.165) is 22.9 Å². The lowest BCUT2D eigenvalue weighted by Gasteiger charge is -2.41. The summed E-state index contributed by atoms with van der Waals surface area (Å²) in [6.45, 7) is 11.8. The van der Waals surface area contributed by atoms with Crippen LogP contribution in [0.5, 0.6) is 0 Å². The van der Waals surface area contributed by atoms with Crippen LogP contribution in [0.3, 0.4) is 0 Å². The van der Waals surface area contributed by atoms with E-state index < -0.39 is 25.7 Å². The Morgan fingerprint density at radius 2 is 1.58 bits per heavy atom. The lowest BCUT2D eigenvalue weighted by molar-refractivity contribution is -0.137. The lowest BCUT2D eigenvalue weighted by Crippen LogP contribution is -2.56. The van der Waals surface area contributed by atoms with Crippen molar-refractivity contribution in [1.29, 1.82) is 0 Å². The van der Waals surface area contributed by atoms with Crippen molar-refractivity contribution in [2.75, 3.05) is 0 Å². The zero-order valence-electron chi connectivity index (χ0n) is 19.0. The molecule has 0 N–H and O–H groups in total.